The number of amides is 1. The van der Waals surface area contributed by atoms with Gasteiger partial charge in [0.05, 0.1) is 26.7 Å². The van der Waals surface area contributed by atoms with E-state index in [-0.39, 0.29) is 88.7 Å². The molecule has 0 aliphatic carbocycles. The summed E-state index contributed by atoms with van der Waals surface area (Å²) >= 11 is 0. The van der Waals surface area contributed by atoms with Gasteiger partial charge in [-0.05, 0) is 30.3 Å². The molecule has 1 saturated heterocycles. The number of hydrazine groups is 2. The number of cyclic esters (lactones) is 1. The number of benzene rings is 1. The van der Waals surface area contributed by atoms with Crippen molar-refractivity contribution in [3.05, 3.63) is 42.3 Å². The number of phosphoric acid groups is 1. The number of nitrogens with zero attached hydrogens (tertiary/aromatic N) is 4. The van der Waals surface area contributed by atoms with Crippen molar-refractivity contribution in [2.45, 2.75) is 6.10 Å². The molecule has 0 radical (unpaired) electrons. The topological polar surface area (TPSA) is 195 Å². The number of aliphatic imine (C=N–C) groups is 1. The minimum absolute atomic E-state index is 0. The zero-order chi connectivity index (χ0) is 23.5. The number of carbonyl (C=O) groups is 1. The molecule has 1 atom stereocenters. The smallest absolute Gasteiger partial charge is 0.790 e. The van der Waals surface area contributed by atoms with Crippen molar-refractivity contribution in [2.75, 3.05) is 25.1 Å². The van der Waals surface area contributed by atoms with Crippen LogP contribution in [0.2, 0.25) is 0 Å². The minimum atomic E-state index is -5.20. The second-order valence-corrected chi connectivity index (χ2v) is 7.80. The molecule has 1 aromatic carbocycles. The van der Waals surface area contributed by atoms with Crippen LogP contribution in [-0.4, -0.2) is 48.5 Å². The van der Waals surface area contributed by atoms with E-state index in [1.807, 2.05) is 0 Å². The zero-order valence-corrected chi connectivity index (χ0v) is 23.6. The van der Waals surface area contributed by atoms with Crippen molar-refractivity contribution in [3.8, 4) is 11.1 Å². The summed E-state index contributed by atoms with van der Waals surface area (Å²) in [6, 6.07) is 7.17. The van der Waals surface area contributed by atoms with Gasteiger partial charge in [0.15, 0.2) is 5.82 Å². The molecule has 1 aromatic heterocycles. The number of phosphoric ester groups is 1. The van der Waals surface area contributed by atoms with E-state index in [4.69, 9.17) is 16.3 Å². The van der Waals surface area contributed by atoms with Crippen LogP contribution < -0.4 is 90.8 Å². The third kappa shape index (κ3) is 8.82. The van der Waals surface area contributed by atoms with Crippen LogP contribution >= 0.6 is 7.82 Å². The maximum atomic E-state index is 14.7. The van der Waals surface area contributed by atoms with Gasteiger partial charge in [0, 0.05) is 24.4 Å². The average Bonchev–Trinajstić information content (AvgIpc) is 3.07. The first-order chi connectivity index (χ1) is 15.0. The molecule has 1 unspecified atom stereocenters. The molecule has 3 rings (SSSR count). The van der Waals surface area contributed by atoms with Crippen LogP contribution in [0, 0.1) is 5.82 Å². The summed E-state index contributed by atoms with van der Waals surface area (Å²) in [6.45, 7) is -0.728. The van der Waals surface area contributed by atoms with Crippen LogP contribution in [0.4, 0.5) is 20.7 Å². The van der Waals surface area contributed by atoms with Gasteiger partial charge in [-0.2, -0.15) is 10.1 Å². The van der Waals surface area contributed by atoms with Gasteiger partial charge in [-0.25, -0.2) is 14.2 Å². The van der Waals surface area contributed by atoms with E-state index in [2.05, 4.69) is 19.9 Å². The van der Waals surface area contributed by atoms with E-state index in [1.54, 1.807) is 6.07 Å². The van der Waals surface area contributed by atoms with E-state index >= 15 is 0 Å². The molecular weight excluding hydrogens is 494 g/mol. The number of aromatic nitrogens is 1. The molecule has 1 amide bonds. The van der Waals surface area contributed by atoms with Crippen LogP contribution in [0.3, 0.4) is 0 Å². The molecule has 2 aromatic rings. The Morgan fingerprint density at radius 2 is 2.12 bits per heavy atom. The molecule has 0 bridgehead atoms. The van der Waals surface area contributed by atoms with Gasteiger partial charge in [-0.3, -0.25) is 16.2 Å². The Morgan fingerprint density at radius 1 is 1.41 bits per heavy atom. The van der Waals surface area contributed by atoms with Crippen molar-refractivity contribution < 1.29 is 91.9 Å². The Balaban J connectivity index is 0.00000289. The summed E-state index contributed by atoms with van der Waals surface area (Å²) in [5.41, 5.74) is 9.04. The molecule has 1 aliphatic rings. The fourth-order valence-corrected chi connectivity index (χ4v) is 3.19. The van der Waals surface area contributed by atoms with E-state index in [9.17, 15) is 23.5 Å². The summed E-state index contributed by atoms with van der Waals surface area (Å²) in [4.78, 5) is 42.4. The Kier molecular flexibility index (Phi) is 12.0. The summed E-state index contributed by atoms with van der Waals surface area (Å²) in [6.07, 6.45) is -0.409. The van der Waals surface area contributed by atoms with Crippen molar-refractivity contribution in [1.82, 2.24) is 15.5 Å². The van der Waals surface area contributed by atoms with Gasteiger partial charge in [-0.1, -0.05) is 0 Å². The molecule has 1 fully saturated rings. The number of nitrogens with two attached hydrogens (primary N) is 2. The van der Waals surface area contributed by atoms with E-state index in [0.29, 0.717) is 5.56 Å². The van der Waals surface area contributed by atoms with E-state index < -0.39 is 32.4 Å². The predicted molar refractivity (Wildman–Crippen MR) is 107 cm³/mol. The Bertz CT molecular complexity index is 1070. The Labute approximate surface area is 238 Å². The maximum absolute atomic E-state index is 14.7. The first-order valence-electron chi connectivity index (χ1n) is 9.02. The van der Waals surface area contributed by atoms with E-state index in [0.717, 1.165) is 16.1 Å². The van der Waals surface area contributed by atoms with Gasteiger partial charge in [0.2, 0.25) is 5.96 Å². The molecule has 2 heterocycles. The van der Waals surface area contributed by atoms with E-state index in [1.165, 1.54) is 31.4 Å². The minimum Gasteiger partial charge on any atom is -0.790 e. The largest absolute Gasteiger partial charge is 1.00 e. The van der Waals surface area contributed by atoms with Gasteiger partial charge >= 0.3 is 65.2 Å². The van der Waals surface area contributed by atoms with Crippen molar-refractivity contribution in [2.24, 2.45) is 16.6 Å². The van der Waals surface area contributed by atoms with Crippen molar-refractivity contribution in [3.63, 3.8) is 0 Å². The molecule has 34 heavy (non-hydrogen) atoms. The number of ether oxygens (including phenoxy) is 1. The summed E-state index contributed by atoms with van der Waals surface area (Å²) in [5.74, 6) is 5.04. The third-order valence-corrected chi connectivity index (χ3v) is 4.61. The predicted octanol–water partition coefficient (Wildman–Crippen LogP) is -6.68. The van der Waals surface area contributed by atoms with Crippen LogP contribution in [0.5, 0.6) is 0 Å². The fourth-order valence-electron chi connectivity index (χ4n) is 2.84. The number of pyridine rings is 1. The Hall–Kier alpha value is -1.13. The van der Waals surface area contributed by atoms with Gasteiger partial charge in [0.25, 0.3) is 0 Å². The van der Waals surface area contributed by atoms with Gasteiger partial charge in [0.1, 0.15) is 11.9 Å². The summed E-state index contributed by atoms with van der Waals surface area (Å²) in [5, 5.41) is 1.11. The molecule has 0 saturated carbocycles. The van der Waals surface area contributed by atoms with Crippen LogP contribution in [-0.2, 0) is 13.8 Å². The number of carbonyl (C=O) groups excluding carboxylic acids is 1. The maximum Gasteiger partial charge on any atom is 1.00 e. The summed E-state index contributed by atoms with van der Waals surface area (Å²) in [7, 11) is -3.67. The molecule has 5 N–H and O–H groups in total. The normalized spacial score (nSPS) is 16.1. The van der Waals surface area contributed by atoms with Crippen LogP contribution in [0.25, 0.3) is 11.1 Å². The number of guanidine groups is 1. The molecular formula is C17H19FN7Na2O6P. The van der Waals surface area contributed by atoms with Gasteiger partial charge in [-0.15, -0.1) is 0 Å². The monoisotopic (exact) mass is 513 g/mol. The Morgan fingerprint density at radius 3 is 2.68 bits per heavy atom. The number of hydrogen-bond acceptors (Lipinski definition) is 10. The number of anilines is 1. The molecule has 0 spiro atoms. The van der Waals surface area contributed by atoms with Gasteiger partial charge < -0.3 is 29.3 Å². The van der Waals surface area contributed by atoms with Crippen LogP contribution in [0.1, 0.15) is 0 Å². The third-order valence-electron chi connectivity index (χ3n) is 4.14. The molecule has 1 aliphatic heterocycles. The van der Waals surface area contributed by atoms with Crippen molar-refractivity contribution in [1.29, 1.82) is 0 Å². The number of rotatable bonds is 7. The summed E-state index contributed by atoms with van der Waals surface area (Å²) < 4.78 is 34.4. The molecule has 13 nitrogen and oxygen atoms in total. The molecule has 17 heteroatoms. The number of nitrogens with one attached hydrogen (secondary N) is 1. The zero-order valence-electron chi connectivity index (χ0n) is 18.7. The SMILES string of the molecule is CN(N)NC(N)=Nc1ccc(-c2ccc(N3CC(COP(=O)([O-])[O-])OC3=O)cc2F)cn1.[Na+].[Na+]. The standard InChI is InChI=1S/C17H21FN7O6P.2Na/c1-24(20)23-16(19)22-15-5-2-10(7-21-15)13-4-3-11(6-14(13)18)25-8-12(31-17(25)26)9-30-32(27,28)29;;/h2-7,12H,8-9,20H2,1H3,(H2,27,28,29)(H3,19,21,22,23);;/q;2*+1/p-2. The van der Waals surface area contributed by atoms with Crippen LogP contribution in [0.15, 0.2) is 41.5 Å². The second-order valence-electron chi connectivity index (χ2n) is 6.65. The number of hydrogen-bond donors (Lipinski definition) is 3. The quantitative estimate of drug-likeness (QED) is 0.0795. The van der Waals surface area contributed by atoms with Crippen molar-refractivity contribution >= 4 is 31.4 Å². The average molecular weight is 513 g/mol. The second kappa shape index (κ2) is 13.3. The first-order valence-corrected chi connectivity index (χ1v) is 10.5. The first kappa shape index (κ1) is 30.9. The molecule has 172 valence electrons. The number of halogens is 1. The fraction of sp³-hybridized carbons (Fsp3) is 0.235.